The van der Waals surface area contributed by atoms with Crippen LogP contribution in [0.25, 0.3) is 0 Å². The fraction of sp³-hybridized carbons (Fsp3) is 0.500. The topological polar surface area (TPSA) is 409 Å². The van der Waals surface area contributed by atoms with Gasteiger partial charge in [-0.1, -0.05) is 76.6 Å². The fourth-order valence-electron chi connectivity index (χ4n) is 8.30. The average Bonchev–Trinajstić information content (AvgIpc) is 4.08. The molecule has 16 N–H and O–H groups in total. The van der Waals surface area contributed by atoms with E-state index in [0.29, 0.717) is 29.8 Å². The second-order valence-electron chi connectivity index (χ2n) is 18.8. The Morgan fingerprint density at radius 2 is 1.35 bits per heavy atom. The van der Waals surface area contributed by atoms with Crippen LogP contribution in [0, 0.1) is 11.8 Å². The number of carboxylic acid groups (broad SMARTS) is 2. The standard InChI is InChI=1S/C50H71N13O12/c1-5-28(4)41(47(72)59-35(26-38-54-20-21-55-38)48(73)63-22-10-14-37(63)45(70)60-36(49(74)75)24-29-11-7-6-8-12-29)62-44(69)34(23-30-15-17-31(64)18-16-30)58-46(71)40(27(2)3)61-43(68)33(13-9-19-56-50(52)53)57-42(67)32(51)25-39(65)66/h6-8,11-12,15-18,20-21,27-28,32-37,40-41,64H,5,9-10,13-14,19,22-26,51H2,1-4H3,(H,54,55)(H,57,67)(H,58,71)(H,59,72)(H,60,70)(H,61,68)(H,62,69)(H,65,66)(H,74,75)(H4,52,53,56)/t28-,32-,33-,34-,35+,36-,37-,40-,41-/m0/s1. The number of nitrogens with two attached hydrogens (primary N) is 3. The van der Waals surface area contributed by atoms with Crippen LogP contribution in [0.15, 0.2) is 72.0 Å². The number of likely N-dealkylation sites (tertiary alicyclic amines) is 1. The van der Waals surface area contributed by atoms with Gasteiger partial charge in [-0.05, 0) is 60.8 Å². The number of rotatable bonds is 29. The summed E-state index contributed by atoms with van der Waals surface area (Å²) in [5, 5.41) is 45.1. The monoisotopic (exact) mass is 1050 g/mol. The Balaban J connectivity index is 1.59. The van der Waals surface area contributed by atoms with E-state index in [2.05, 4.69) is 46.9 Å². The zero-order valence-corrected chi connectivity index (χ0v) is 42.5. The lowest BCUT2D eigenvalue weighted by Crippen LogP contribution is -2.62. The van der Waals surface area contributed by atoms with Crippen LogP contribution in [0.3, 0.4) is 0 Å². The molecule has 0 radical (unpaired) electrons. The van der Waals surface area contributed by atoms with E-state index in [4.69, 9.17) is 17.2 Å². The number of phenols is 1. The summed E-state index contributed by atoms with van der Waals surface area (Å²) in [5.41, 5.74) is 17.8. The number of hydrogen-bond donors (Lipinski definition) is 13. The summed E-state index contributed by atoms with van der Waals surface area (Å²) in [6.07, 6.45) is 2.99. The minimum Gasteiger partial charge on any atom is -0.508 e. The quantitative estimate of drug-likeness (QED) is 0.0218. The highest BCUT2D eigenvalue weighted by molar-refractivity contribution is 5.98. The molecule has 408 valence electrons. The van der Waals surface area contributed by atoms with Gasteiger partial charge in [0, 0.05) is 44.7 Å². The van der Waals surface area contributed by atoms with Crippen molar-refractivity contribution in [3.05, 3.63) is 83.9 Å². The van der Waals surface area contributed by atoms with Gasteiger partial charge in [0.25, 0.3) is 0 Å². The number of hydrogen-bond acceptors (Lipinski definition) is 13. The number of imidazole rings is 1. The predicted octanol–water partition coefficient (Wildman–Crippen LogP) is -1.31. The Bertz CT molecular complexity index is 2450. The van der Waals surface area contributed by atoms with Gasteiger partial charge in [0.15, 0.2) is 5.96 Å². The highest BCUT2D eigenvalue weighted by Crippen LogP contribution is 2.21. The number of aromatic amines is 1. The molecule has 1 aromatic heterocycles. The number of carbonyl (C=O) groups excluding carboxylic acids is 7. The highest BCUT2D eigenvalue weighted by atomic mass is 16.4. The normalized spacial score (nSPS) is 16.3. The minimum atomic E-state index is -1.51. The molecule has 1 aliphatic rings. The van der Waals surface area contributed by atoms with Crippen LogP contribution in [-0.2, 0) is 62.4 Å². The Hall–Kier alpha value is -8.09. The average molecular weight is 1050 g/mol. The molecular formula is C50H71N13O12. The van der Waals surface area contributed by atoms with Gasteiger partial charge < -0.3 is 74.3 Å². The van der Waals surface area contributed by atoms with E-state index >= 15 is 0 Å². The summed E-state index contributed by atoms with van der Waals surface area (Å²) < 4.78 is 0. The van der Waals surface area contributed by atoms with Gasteiger partial charge in [-0.2, -0.15) is 0 Å². The number of amides is 7. The molecule has 0 aliphatic carbocycles. The molecule has 25 heteroatoms. The molecule has 25 nitrogen and oxygen atoms in total. The van der Waals surface area contributed by atoms with E-state index < -0.39 is 120 Å². The number of aromatic nitrogens is 2. The molecule has 0 unspecified atom stereocenters. The van der Waals surface area contributed by atoms with Crippen molar-refractivity contribution >= 4 is 59.2 Å². The first-order chi connectivity index (χ1) is 35.6. The van der Waals surface area contributed by atoms with Crippen molar-refractivity contribution in [3.8, 4) is 5.75 Å². The first kappa shape index (κ1) is 59.5. The maximum atomic E-state index is 14.6. The van der Waals surface area contributed by atoms with Gasteiger partial charge in [-0.25, -0.2) is 9.78 Å². The number of guanidine groups is 1. The molecule has 75 heavy (non-hydrogen) atoms. The number of benzene rings is 2. The molecule has 9 atom stereocenters. The van der Waals surface area contributed by atoms with Crippen molar-refractivity contribution in [2.24, 2.45) is 34.0 Å². The minimum absolute atomic E-state index is 0.00343. The van der Waals surface area contributed by atoms with Gasteiger partial charge >= 0.3 is 11.9 Å². The maximum absolute atomic E-state index is 14.6. The van der Waals surface area contributed by atoms with Crippen molar-refractivity contribution in [1.82, 2.24) is 46.8 Å². The lowest BCUT2D eigenvalue weighted by molar-refractivity contribution is -0.145. The number of aliphatic carboxylic acids is 2. The van der Waals surface area contributed by atoms with Crippen molar-refractivity contribution in [3.63, 3.8) is 0 Å². The molecule has 3 aromatic rings. The van der Waals surface area contributed by atoms with Crippen LogP contribution in [-0.4, -0.2) is 151 Å². The number of nitrogens with one attached hydrogen (secondary N) is 7. The van der Waals surface area contributed by atoms with E-state index in [9.17, 15) is 58.5 Å². The molecule has 0 bridgehead atoms. The molecule has 4 rings (SSSR count). The Kier molecular flexibility index (Phi) is 23.0. The van der Waals surface area contributed by atoms with Crippen LogP contribution in [0.2, 0.25) is 0 Å². The van der Waals surface area contributed by atoms with Gasteiger partial charge in [0.2, 0.25) is 41.4 Å². The van der Waals surface area contributed by atoms with E-state index in [-0.39, 0.29) is 63.3 Å². The first-order valence-electron chi connectivity index (χ1n) is 24.8. The van der Waals surface area contributed by atoms with Gasteiger partial charge in [0.1, 0.15) is 53.9 Å². The van der Waals surface area contributed by atoms with E-state index in [0.717, 1.165) is 0 Å². The zero-order valence-electron chi connectivity index (χ0n) is 42.5. The molecule has 2 heterocycles. The van der Waals surface area contributed by atoms with Crippen LogP contribution >= 0.6 is 0 Å². The summed E-state index contributed by atoms with van der Waals surface area (Å²) in [6.45, 7) is 6.89. The van der Waals surface area contributed by atoms with Crippen molar-refractivity contribution in [2.45, 2.75) is 134 Å². The summed E-state index contributed by atoms with van der Waals surface area (Å²) in [6, 6.07) is 3.91. The Morgan fingerprint density at radius 3 is 1.95 bits per heavy atom. The lowest BCUT2D eigenvalue weighted by atomic mass is 9.96. The van der Waals surface area contributed by atoms with Gasteiger partial charge in [-0.3, -0.25) is 43.3 Å². The van der Waals surface area contributed by atoms with Crippen molar-refractivity contribution in [2.75, 3.05) is 13.1 Å². The van der Waals surface area contributed by atoms with E-state index in [1.54, 1.807) is 58.0 Å². The number of carboxylic acids is 2. The second kappa shape index (κ2) is 29.0. The largest absolute Gasteiger partial charge is 0.508 e. The number of aliphatic imine (C=N–C) groups is 1. The van der Waals surface area contributed by atoms with Gasteiger partial charge in [0.05, 0.1) is 12.5 Å². The van der Waals surface area contributed by atoms with Gasteiger partial charge in [-0.15, -0.1) is 0 Å². The number of carbonyl (C=O) groups is 9. The van der Waals surface area contributed by atoms with Crippen LogP contribution < -0.4 is 49.1 Å². The summed E-state index contributed by atoms with van der Waals surface area (Å²) in [4.78, 5) is 134. The lowest BCUT2D eigenvalue weighted by Gasteiger charge is -2.32. The molecular weight excluding hydrogens is 975 g/mol. The van der Waals surface area contributed by atoms with Crippen LogP contribution in [0.1, 0.15) is 83.2 Å². The number of nitrogens with zero attached hydrogens (tertiary/aromatic N) is 3. The number of phenolic OH excluding ortho intramolecular Hbond substituents is 1. The molecule has 0 saturated carbocycles. The molecule has 0 spiro atoms. The summed E-state index contributed by atoms with van der Waals surface area (Å²) in [5.74, 6) is -9.36. The van der Waals surface area contributed by atoms with E-state index in [1.165, 1.54) is 41.6 Å². The number of H-pyrrole nitrogens is 1. The Labute approximate surface area is 434 Å². The third kappa shape index (κ3) is 18.7. The molecule has 1 saturated heterocycles. The van der Waals surface area contributed by atoms with E-state index in [1.807, 2.05) is 0 Å². The highest BCUT2D eigenvalue weighted by Gasteiger charge is 2.41. The predicted molar refractivity (Wildman–Crippen MR) is 273 cm³/mol. The molecule has 1 aliphatic heterocycles. The molecule has 1 fully saturated rings. The fourth-order valence-corrected chi connectivity index (χ4v) is 8.30. The third-order valence-electron chi connectivity index (χ3n) is 12.7. The maximum Gasteiger partial charge on any atom is 0.326 e. The first-order valence-corrected chi connectivity index (χ1v) is 24.8. The zero-order chi connectivity index (χ0) is 55.4. The van der Waals surface area contributed by atoms with Crippen molar-refractivity contribution in [1.29, 1.82) is 0 Å². The summed E-state index contributed by atoms with van der Waals surface area (Å²) >= 11 is 0. The van der Waals surface area contributed by atoms with Crippen LogP contribution in [0.5, 0.6) is 5.75 Å². The SMILES string of the molecule is CC[C@H](C)[C@H](NC(=O)[C@H](Cc1ccc(O)cc1)NC(=O)[C@@H](NC(=O)[C@H](CCCN=C(N)N)NC(=O)[C@@H](N)CC(=O)O)C(C)C)C(=O)N[C@H](Cc1ncc[nH]1)C(=O)N1CCC[C@H]1C(=O)N[C@@H](Cc1ccccc1)C(=O)O. The smallest absolute Gasteiger partial charge is 0.326 e. The Morgan fingerprint density at radius 1 is 0.747 bits per heavy atom. The molecule has 2 aromatic carbocycles. The number of aromatic hydroxyl groups is 1. The summed E-state index contributed by atoms with van der Waals surface area (Å²) in [7, 11) is 0. The van der Waals surface area contributed by atoms with Crippen LogP contribution in [0.4, 0.5) is 0 Å². The third-order valence-corrected chi connectivity index (χ3v) is 12.7. The second-order valence-corrected chi connectivity index (χ2v) is 18.8. The van der Waals surface area contributed by atoms with Crippen molar-refractivity contribution < 1.29 is 58.5 Å². The molecule has 7 amide bonds.